The fourth-order valence-electron chi connectivity index (χ4n) is 5.68. The van der Waals surface area contributed by atoms with Gasteiger partial charge in [-0.15, -0.1) is 0 Å². The van der Waals surface area contributed by atoms with Crippen molar-refractivity contribution in [2.75, 3.05) is 13.1 Å². The van der Waals surface area contributed by atoms with Crippen molar-refractivity contribution in [1.29, 1.82) is 0 Å². The Morgan fingerprint density at radius 1 is 1.12 bits per heavy atom. The van der Waals surface area contributed by atoms with Crippen molar-refractivity contribution in [3.63, 3.8) is 0 Å². The predicted octanol–water partition coefficient (Wildman–Crippen LogP) is 4.57. The fraction of sp³-hybridized carbons (Fsp3) is 0.682. The molecular formula is C22H34N2O. The summed E-state index contributed by atoms with van der Waals surface area (Å²) in [5.41, 5.74) is 3.15. The summed E-state index contributed by atoms with van der Waals surface area (Å²) in [5, 5.41) is 3.20. The zero-order valence-corrected chi connectivity index (χ0v) is 15.6. The van der Waals surface area contributed by atoms with Gasteiger partial charge in [-0.2, -0.15) is 0 Å². The number of amides is 1. The molecule has 2 fully saturated rings. The van der Waals surface area contributed by atoms with Crippen molar-refractivity contribution >= 4 is 5.91 Å². The number of carbonyl (C=O) groups excluding carboxylic acids is 1. The first-order valence-corrected chi connectivity index (χ1v) is 10.3. The highest BCUT2D eigenvalue weighted by Gasteiger charge is 2.46. The van der Waals surface area contributed by atoms with Gasteiger partial charge in [-0.25, -0.2) is 0 Å². The van der Waals surface area contributed by atoms with Crippen LogP contribution in [-0.2, 0) is 10.2 Å². The first-order chi connectivity index (χ1) is 12.2. The van der Waals surface area contributed by atoms with Crippen LogP contribution in [-0.4, -0.2) is 29.9 Å². The summed E-state index contributed by atoms with van der Waals surface area (Å²) in [5.74, 6) is 0.0905. The number of rotatable bonds is 2. The molecule has 25 heavy (non-hydrogen) atoms. The molecule has 2 aliphatic carbocycles. The summed E-state index contributed by atoms with van der Waals surface area (Å²) >= 11 is 0. The number of benzene rings is 1. The molecule has 1 saturated carbocycles. The third-order valence-electron chi connectivity index (χ3n) is 6.98. The largest absolute Gasteiger partial charge is 0.349 e. The van der Waals surface area contributed by atoms with Crippen molar-refractivity contribution < 1.29 is 6.22 Å². The first kappa shape index (κ1) is 17.1. The second-order valence-corrected chi connectivity index (χ2v) is 8.51. The zero-order valence-electron chi connectivity index (χ0n) is 15.6. The van der Waals surface area contributed by atoms with Gasteiger partial charge < -0.3 is 10.2 Å². The van der Waals surface area contributed by atoms with E-state index in [-0.39, 0.29) is 18.8 Å². The summed E-state index contributed by atoms with van der Waals surface area (Å²) in [7, 11) is 0. The topological polar surface area (TPSA) is 32.3 Å². The first-order valence-electron chi connectivity index (χ1n) is 10.3. The van der Waals surface area contributed by atoms with Crippen LogP contribution in [0.4, 0.5) is 0 Å². The van der Waals surface area contributed by atoms with Crippen molar-refractivity contribution in [3.8, 4) is 0 Å². The van der Waals surface area contributed by atoms with E-state index in [0.717, 1.165) is 12.5 Å². The van der Waals surface area contributed by atoms with E-state index in [1.807, 2.05) is 0 Å². The summed E-state index contributed by atoms with van der Waals surface area (Å²) in [6.45, 7) is 4.10. The third-order valence-corrected chi connectivity index (χ3v) is 6.98. The molecule has 0 bridgehead atoms. The molecule has 3 nitrogen and oxygen atoms in total. The van der Waals surface area contributed by atoms with Gasteiger partial charge in [-0.1, -0.05) is 49.9 Å². The van der Waals surface area contributed by atoms with Gasteiger partial charge in [0.1, 0.15) is 0 Å². The summed E-state index contributed by atoms with van der Waals surface area (Å²) in [4.78, 5) is 14.4. The molecule has 0 aromatic heterocycles. The molecule has 3 aliphatic rings. The van der Waals surface area contributed by atoms with E-state index >= 15 is 0 Å². The molecule has 1 saturated heterocycles. The Labute approximate surface area is 153 Å². The Morgan fingerprint density at radius 3 is 2.48 bits per heavy atom. The molecule has 1 heterocycles. The van der Waals surface area contributed by atoms with E-state index in [4.69, 9.17) is 0 Å². The third kappa shape index (κ3) is 3.36. The van der Waals surface area contributed by atoms with E-state index in [0.29, 0.717) is 0 Å². The van der Waals surface area contributed by atoms with E-state index in [2.05, 4.69) is 34.5 Å². The number of nitrogens with zero attached hydrogens (tertiary/aromatic N) is 1. The van der Waals surface area contributed by atoms with Gasteiger partial charge in [0.05, 0.1) is 6.04 Å². The van der Waals surface area contributed by atoms with Crippen LogP contribution < -0.4 is 5.32 Å². The lowest BCUT2D eigenvalue weighted by atomic mass is 9.73. The van der Waals surface area contributed by atoms with Gasteiger partial charge >= 0.3 is 0 Å². The average molecular weight is 343 g/mol. The van der Waals surface area contributed by atoms with E-state index in [1.54, 1.807) is 6.92 Å². The van der Waals surface area contributed by atoms with Crippen LogP contribution in [0.25, 0.3) is 0 Å². The van der Waals surface area contributed by atoms with Crippen molar-refractivity contribution in [1.82, 2.24) is 10.2 Å². The number of carbonyl (C=O) groups is 1. The Bertz CT molecular complexity index is 616. The molecule has 1 unspecified atom stereocenters. The number of likely N-dealkylation sites (tertiary alicyclic amines) is 1. The van der Waals surface area contributed by atoms with Gasteiger partial charge in [-0.3, -0.25) is 4.79 Å². The summed E-state index contributed by atoms with van der Waals surface area (Å²) in [6, 6.07) is 9.86. The maximum atomic E-state index is 11.7. The van der Waals surface area contributed by atoms with E-state index < -0.39 is 0 Å². The Hall–Kier alpha value is -1.35. The highest BCUT2D eigenvalue weighted by Crippen LogP contribution is 2.51. The fourth-order valence-corrected chi connectivity index (χ4v) is 5.68. The van der Waals surface area contributed by atoms with Gasteiger partial charge in [0.15, 0.2) is 0 Å². The van der Waals surface area contributed by atoms with E-state index in [1.165, 1.54) is 75.6 Å². The molecular weight excluding hydrogens is 308 g/mol. The second kappa shape index (κ2) is 7.11. The van der Waals surface area contributed by atoms with Crippen LogP contribution in [0.5, 0.6) is 0 Å². The van der Waals surface area contributed by atoms with Crippen LogP contribution in [0.2, 0.25) is 0 Å². The molecule has 1 N–H and O–H groups in total. The molecule has 3 heteroatoms. The molecule has 1 amide bonds. The SMILES string of the molecule is CC(=O)NC1CC2(CCN(C3CCCCCC3)CC2)c2ccccc21.[HH]. The number of fused-ring (bicyclic) bond motifs is 2. The Morgan fingerprint density at radius 2 is 1.80 bits per heavy atom. The number of piperidine rings is 1. The quantitative estimate of drug-likeness (QED) is 0.799. The highest BCUT2D eigenvalue weighted by molar-refractivity contribution is 5.73. The number of nitrogens with one attached hydrogen (secondary N) is 1. The van der Waals surface area contributed by atoms with Crippen molar-refractivity contribution in [2.45, 2.75) is 82.2 Å². The summed E-state index contributed by atoms with van der Waals surface area (Å²) < 4.78 is 0. The number of hydrogen-bond donors (Lipinski definition) is 1. The lowest BCUT2D eigenvalue weighted by Gasteiger charge is -2.43. The van der Waals surface area contributed by atoms with Gasteiger partial charge in [0.2, 0.25) is 5.91 Å². The minimum absolute atomic E-state index is 0. The average Bonchev–Trinajstić information content (AvgIpc) is 2.80. The van der Waals surface area contributed by atoms with Gasteiger partial charge in [0, 0.05) is 19.8 Å². The lowest BCUT2D eigenvalue weighted by Crippen LogP contribution is -2.46. The standard InChI is InChI=1S/C22H32N2O.H2/c1-17(25)23-21-16-22(20-11-7-6-10-19(20)21)12-14-24(15-13-22)18-8-4-2-3-5-9-18;/h6-7,10-11,18,21H,2-5,8-9,12-16H2,1H3,(H,23,25);1H. The maximum absolute atomic E-state index is 11.7. The Kier molecular flexibility index (Phi) is 4.86. The van der Waals surface area contributed by atoms with Crippen LogP contribution >= 0.6 is 0 Å². The van der Waals surface area contributed by atoms with Crippen LogP contribution in [0.3, 0.4) is 0 Å². The molecule has 4 rings (SSSR count). The predicted molar refractivity (Wildman–Crippen MR) is 104 cm³/mol. The van der Waals surface area contributed by atoms with Crippen molar-refractivity contribution in [2.24, 2.45) is 0 Å². The number of hydrogen-bond acceptors (Lipinski definition) is 2. The highest BCUT2D eigenvalue weighted by atomic mass is 16.1. The normalized spacial score (nSPS) is 27.0. The molecule has 1 spiro atoms. The molecule has 0 radical (unpaired) electrons. The smallest absolute Gasteiger partial charge is 0.217 e. The molecule has 1 aliphatic heterocycles. The maximum Gasteiger partial charge on any atom is 0.217 e. The Balaban J connectivity index is 0.00000196. The van der Waals surface area contributed by atoms with Crippen LogP contribution in [0.15, 0.2) is 24.3 Å². The second-order valence-electron chi connectivity index (χ2n) is 8.51. The molecule has 1 aromatic carbocycles. The van der Waals surface area contributed by atoms with Gasteiger partial charge in [-0.05, 0) is 56.3 Å². The van der Waals surface area contributed by atoms with Crippen LogP contribution in [0, 0.1) is 0 Å². The zero-order chi connectivity index (χ0) is 17.3. The molecule has 138 valence electrons. The lowest BCUT2D eigenvalue weighted by molar-refractivity contribution is -0.119. The monoisotopic (exact) mass is 342 g/mol. The van der Waals surface area contributed by atoms with Gasteiger partial charge in [0.25, 0.3) is 0 Å². The minimum atomic E-state index is 0. The summed E-state index contributed by atoms with van der Waals surface area (Å²) in [6.07, 6.45) is 12.1. The minimum Gasteiger partial charge on any atom is -0.349 e. The van der Waals surface area contributed by atoms with Crippen molar-refractivity contribution in [3.05, 3.63) is 35.4 Å². The van der Waals surface area contributed by atoms with Crippen LogP contribution in [0.1, 0.15) is 83.3 Å². The molecule has 1 atom stereocenters. The van der Waals surface area contributed by atoms with E-state index in [9.17, 15) is 4.79 Å². The molecule has 1 aromatic rings.